The number of aromatic carboxylic acids is 2. The van der Waals surface area contributed by atoms with Gasteiger partial charge >= 0.3 is 11.9 Å². The summed E-state index contributed by atoms with van der Waals surface area (Å²) >= 11 is 1.51. The largest absolute Gasteiger partial charge is 0.478 e. The van der Waals surface area contributed by atoms with Crippen LogP contribution >= 0.6 is 11.3 Å². The molecule has 2 N–H and O–H groups in total. The first-order valence-corrected chi connectivity index (χ1v) is 9.58. The van der Waals surface area contributed by atoms with Gasteiger partial charge in [-0.2, -0.15) is 5.26 Å². The highest BCUT2D eigenvalue weighted by Crippen LogP contribution is 2.40. The highest BCUT2D eigenvalue weighted by Gasteiger charge is 2.21. The molecule has 0 bridgehead atoms. The second-order valence-corrected chi connectivity index (χ2v) is 7.60. The van der Waals surface area contributed by atoms with Crippen molar-refractivity contribution in [3.63, 3.8) is 0 Å². The van der Waals surface area contributed by atoms with Crippen LogP contribution in [0.5, 0.6) is 0 Å². The van der Waals surface area contributed by atoms with Crippen LogP contribution in [0.3, 0.4) is 0 Å². The summed E-state index contributed by atoms with van der Waals surface area (Å²) in [6, 6.07) is 9.31. The van der Waals surface area contributed by atoms with E-state index in [-0.39, 0.29) is 11.1 Å². The molecule has 0 aliphatic heterocycles. The Balaban J connectivity index is 1.65. The lowest BCUT2D eigenvalue weighted by Crippen LogP contribution is -2.02. The first-order chi connectivity index (χ1) is 14.0. The van der Waals surface area contributed by atoms with E-state index in [9.17, 15) is 25.1 Å². The van der Waals surface area contributed by atoms with Crippen LogP contribution in [0.4, 0.5) is 5.00 Å². The van der Waals surface area contributed by atoms with Crippen molar-refractivity contribution in [3.05, 3.63) is 63.2 Å². The second kappa shape index (κ2) is 7.37. The molecule has 3 aromatic rings. The van der Waals surface area contributed by atoms with Gasteiger partial charge in [0.05, 0.1) is 22.9 Å². The van der Waals surface area contributed by atoms with Gasteiger partial charge in [-0.15, -0.1) is 11.3 Å². The summed E-state index contributed by atoms with van der Waals surface area (Å²) in [5.74, 6) is -1.71. The molecule has 2 aromatic heterocycles. The van der Waals surface area contributed by atoms with Gasteiger partial charge in [-0.05, 0) is 55.2 Å². The Morgan fingerprint density at radius 2 is 1.86 bits per heavy atom. The normalized spacial score (nSPS) is 12.8. The average Bonchev–Trinajstić information content (AvgIpc) is 3.41. The number of hydrogen-bond acceptors (Lipinski definition) is 6. The molecule has 0 spiro atoms. The third-order valence-corrected chi connectivity index (χ3v) is 5.86. The van der Waals surface area contributed by atoms with Crippen LogP contribution in [-0.2, 0) is 12.8 Å². The minimum atomic E-state index is -1.22. The summed E-state index contributed by atoms with van der Waals surface area (Å²) in [4.78, 5) is 28.2. The molecule has 0 atom stereocenters. The van der Waals surface area contributed by atoms with Crippen molar-refractivity contribution in [2.45, 2.75) is 19.3 Å². The Hall–Kier alpha value is -3.70. The number of rotatable bonds is 5. The molecule has 8 heteroatoms. The van der Waals surface area contributed by atoms with Gasteiger partial charge in [0, 0.05) is 10.4 Å². The van der Waals surface area contributed by atoms with Gasteiger partial charge in [0.15, 0.2) is 0 Å². The molecule has 0 unspecified atom stereocenters. The van der Waals surface area contributed by atoms with E-state index in [1.54, 1.807) is 12.1 Å². The highest BCUT2D eigenvalue weighted by atomic mass is 32.1. The van der Waals surface area contributed by atoms with Crippen molar-refractivity contribution in [3.8, 4) is 17.4 Å². The topological polar surface area (TPSA) is 124 Å². The fourth-order valence-corrected chi connectivity index (χ4v) is 4.50. The lowest BCUT2D eigenvalue weighted by Gasteiger charge is -2.03. The summed E-state index contributed by atoms with van der Waals surface area (Å²) in [6.45, 7) is 0. The fraction of sp³-hybridized carbons (Fsp3) is 0.143. The number of thiophene rings is 1. The van der Waals surface area contributed by atoms with Crippen LogP contribution < -0.4 is 0 Å². The van der Waals surface area contributed by atoms with Crippen LogP contribution in [0.1, 0.15) is 48.9 Å². The SMILES string of the molecule is N#Cc1c(N=Cc2ccc(-c3cc(C(=O)O)cc(C(=O)O)c3)o2)sc2c1CCC2. The zero-order chi connectivity index (χ0) is 20.5. The number of carboxylic acids is 2. The summed E-state index contributed by atoms with van der Waals surface area (Å²) in [6.07, 6.45) is 4.45. The van der Waals surface area contributed by atoms with Gasteiger partial charge in [-0.25, -0.2) is 14.6 Å². The van der Waals surface area contributed by atoms with E-state index >= 15 is 0 Å². The zero-order valence-electron chi connectivity index (χ0n) is 15.0. The summed E-state index contributed by atoms with van der Waals surface area (Å²) < 4.78 is 5.70. The van der Waals surface area contributed by atoms with E-state index in [2.05, 4.69) is 11.1 Å². The molecule has 29 heavy (non-hydrogen) atoms. The number of aliphatic imine (C=N–C) groups is 1. The molecule has 0 amide bonds. The maximum absolute atomic E-state index is 11.3. The van der Waals surface area contributed by atoms with Crippen molar-refractivity contribution in [1.29, 1.82) is 5.26 Å². The third kappa shape index (κ3) is 3.56. The van der Waals surface area contributed by atoms with Crippen LogP contribution in [-0.4, -0.2) is 28.4 Å². The van der Waals surface area contributed by atoms with Gasteiger partial charge in [-0.1, -0.05) is 0 Å². The summed E-state index contributed by atoms with van der Waals surface area (Å²) in [5, 5.41) is 28.5. The van der Waals surface area contributed by atoms with Crippen molar-refractivity contribution in [1.82, 2.24) is 0 Å². The summed E-state index contributed by atoms with van der Waals surface area (Å²) in [5.41, 5.74) is 1.77. The molecule has 2 heterocycles. The standard InChI is InChI=1S/C21H14N2O5S/c22-9-16-15-2-1-3-18(15)29-19(16)23-10-14-4-5-17(28-14)11-6-12(20(24)25)8-13(7-11)21(26)27/h4-8,10H,1-3H2,(H,24,25)(H,26,27). The Bertz CT molecular complexity index is 1180. The number of carboxylic acid groups (broad SMARTS) is 2. The van der Waals surface area contributed by atoms with Crippen LogP contribution in [0, 0.1) is 11.3 Å². The number of hydrogen-bond donors (Lipinski definition) is 2. The number of furan rings is 1. The first-order valence-electron chi connectivity index (χ1n) is 8.77. The Kier molecular flexibility index (Phi) is 4.74. The maximum Gasteiger partial charge on any atom is 0.335 e. The second-order valence-electron chi connectivity index (χ2n) is 6.52. The van der Waals surface area contributed by atoms with Crippen LogP contribution in [0.25, 0.3) is 11.3 Å². The predicted molar refractivity (Wildman–Crippen MR) is 106 cm³/mol. The number of fused-ring (bicyclic) bond motifs is 1. The Labute approximate surface area is 169 Å². The van der Waals surface area contributed by atoms with E-state index in [1.807, 2.05) is 0 Å². The molecule has 0 fully saturated rings. The first kappa shape index (κ1) is 18.7. The average molecular weight is 406 g/mol. The molecule has 1 aromatic carbocycles. The molecule has 144 valence electrons. The van der Waals surface area contributed by atoms with E-state index in [0.29, 0.717) is 27.6 Å². The Morgan fingerprint density at radius 1 is 1.14 bits per heavy atom. The van der Waals surface area contributed by atoms with Crippen molar-refractivity contribution in [2.24, 2.45) is 4.99 Å². The van der Waals surface area contributed by atoms with Gasteiger partial charge in [0.2, 0.25) is 0 Å². The maximum atomic E-state index is 11.3. The molecular formula is C21H14N2O5S. The number of benzene rings is 1. The van der Waals surface area contributed by atoms with Crippen molar-refractivity contribution >= 4 is 34.5 Å². The minimum Gasteiger partial charge on any atom is -0.478 e. The van der Waals surface area contributed by atoms with Crippen LogP contribution in [0.15, 0.2) is 39.7 Å². The quantitative estimate of drug-likeness (QED) is 0.601. The lowest BCUT2D eigenvalue weighted by molar-refractivity contribution is 0.0696. The molecule has 0 radical (unpaired) electrons. The zero-order valence-corrected chi connectivity index (χ0v) is 15.8. The third-order valence-electron chi connectivity index (χ3n) is 4.66. The minimum absolute atomic E-state index is 0.140. The van der Waals surface area contributed by atoms with E-state index in [0.717, 1.165) is 30.9 Å². The predicted octanol–water partition coefficient (Wildman–Crippen LogP) is 4.52. The van der Waals surface area contributed by atoms with E-state index in [1.165, 1.54) is 34.6 Å². The van der Waals surface area contributed by atoms with Crippen LogP contribution in [0.2, 0.25) is 0 Å². The van der Waals surface area contributed by atoms with Gasteiger partial charge in [-0.3, -0.25) is 0 Å². The lowest BCUT2D eigenvalue weighted by atomic mass is 10.0. The van der Waals surface area contributed by atoms with Gasteiger partial charge < -0.3 is 14.6 Å². The molecule has 0 saturated carbocycles. The number of nitriles is 1. The monoisotopic (exact) mass is 406 g/mol. The fourth-order valence-electron chi connectivity index (χ4n) is 3.31. The summed E-state index contributed by atoms with van der Waals surface area (Å²) in [7, 11) is 0. The van der Waals surface area contributed by atoms with Gasteiger partial charge in [0.1, 0.15) is 22.6 Å². The van der Waals surface area contributed by atoms with Crippen molar-refractivity contribution < 1.29 is 24.2 Å². The molecule has 0 saturated heterocycles. The Morgan fingerprint density at radius 3 is 2.52 bits per heavy atom. The molecule has 1 aliphatic carbocycles. The highest BCUT2D eigenvalue weighted by molar-refractivity contribution is 7.16. The number of aryl methyl sites for hydroxylation is 1. The molecular weight excluding hydrogens is 392 g/mol. The molecule has 1 aliphatic rings. The molecule has 4 rings (SSSR count). The molecule has 7 nitrogen and oxygen atoms in total. The number of carbonyl (C=O) groups is 2. The van der Waals surface area contributed by atoms with Gasteiger partial charge in [0.25, 0.3) is 0 Å². The van der Waals surface area contributed by atoms with Crippen molar-refractivity contribution in [2.75, 3.05) is 0 Å². The van der Waals surface area contributed by atoms with E-state index in [4.69, 9.17) is 4.42 Å². The van der Waals surface area contributed by atoms with E-state index < -0.39 is 11.9 Å². The smallest absolute Gasteiger partial charge is 0.335 e. The number of nitrogens with zero attached hydrogens (tertiary/aromatic N) is 2.